The minimum atomic E-state index is 0.0462. The van der Waals surface area contributed by atoms with Gasteiger partial charge in [-0.05, 0) is 43.9 Å². The predicted molar refractivity (Wildman–Crippen MR) is 79.2 cm³/mol. The Kier molecular flexibility index (Phi) is 6.65. The Morgan fingerprint density at radius 1 is 1.33 bits per heavy atom. The van der Waals surface area contributed by atoms with Gasteiger partial charge in [0.25, 0.3) is 0 Å². The van der Waals surface area contributed by atoms with E-state index in [-0.39, 0.29) is 11.9 Å². The largest absolute Gasteiger partial charge is 0.376 e. The van der Waals surface area contributed by atoms with Crippen LogP contribution in [0.15, 0.2) is 29.2 Å². The molecule has 0 bridgehead atoms. The van der Waals surface area contributed by atoms with Gasteiger partial charge >= 0.3 is 0 Å². The van der Waals surface area contributed by atoms with Crippen LogP contribution in [0.5, 0.6) is 0 Å². The molecule has 0 saturated carbocycles. The predicted octanol–water partition coefficient (Wildman–Crippen LogP) is 3.13. The normalized spacial score (nSPS) is 11.9. The molecule has 0 radical (unpaired) electrons. The lowest BCUT2D eigenvalue weighted by atomic mass is 10.2. The minimum absolute atomic E-state index is 0.0462. The smallest absolute Gasteiger partial charge is 0.239 e. The second-order valence-electron chi connectivity index (χ2n) is 4.34. The van der Waals surface area contributed by atoms with Crippen LogP contribution in [0.1, 0.15) is 26.7 Å². The third-order valence-electron chi connectivity index (χ3n) is 2.67. The summed E-state index contributed by atoms with van der Waals surface area (Å²) in [5, 5.41) is 6.09. The van der Waals surface area contributed by atoms with Crippen molar-refractivity contribution in [1.82, 2.24) is 5.32 Å². The molecule has 0 saturated heterocycles. The molecule has 2 N–H and O–H groups in total. The number of carbonyl (C=O) groups is 1. The Hall–Kier alpha value is -1.16. The van der Waals surface area contributed by atoms with E-state index in [2.05, 4.69) is 17.6 Å². The molecular weight excluding hydrogens is 244 g/mol. The molecule has 0 aromatic heterocycles. The summed E-state index contributed by atoms with van der Waals surface area (Å²) in [4.78, 5) is 12.9. The van der Waals surface area contributed by atoms with Crippen molar-refractivity contribution in [3.05, 3.63) is 24.3 Å². The monoisotopic (exact) mass is 266 g/mol. The number of thioether (sulfide) groups is 1. The number of rotatable bonds is 7. The molecule has 0 heterocycles. The van der Waals surface area contributed by atoms with Crippen LogP contribution < -0.4 is 10.6 Å². The Balaban J connectivity index is 2.33. The maximum Gasteiger partial charge on any atom is 0.239 e. The maximum atomic E-state index is 11.6. The van der Waals surface area contributed by atoms with Crippen molar-refractivity contribution in [2.45, 2.75) is 37.6 Å². The highest BCUT2D eigenvalue weighted by atomic mass is 32.2. The van der Waals surface area contributed by atoms with E-state index in [1.807, 2.05) is 37.4 Å². The van der Waals surface area contributed by atoms with Gasteiger partial charge < -0.3 is 10.6 Å². The lowest BCUT2D eigenvalue weighted by Crippen LogP contribution is -2.36. The average Bonchev–Trinajstić information content (AvgIpc) is 2.37. The zero-order valence-electron chi connectivity index (χ0n) is 11.3. The molecule has 0 aliphatic carbocycles. The fourth-order valence-corrected chi connectivity index (χ4v) is 2.13. The van der Waals surface area contributed by atoms with E-state index < -0.39 is 0 Å². The fraction of sp³-hybridized carbons (Fsp3) is 0.500. The van der Waals surface area contributed by atoms with Crippen LogP contribution in [-0.4, -0.2) is 24.7 Å². The van der Waals surface area contributed by atoms with Gasteiger partial charge in [-0.2, -0.15) is 0 Å². The van der Waals surface area contributed by atoms with Crippen molar-refractivity contribution in [3.8, 4) is 0 Å². The molecular formula is C14H22N2OS. The van der Waals surface area contributed by atoms with Crippen LogP contribution in [0.3, 0.4) is 0 Å². The van der Waals surface area contributed by atoms with Crippen LogP contribution in [-0.2, 0) is 4.79 Å². The van der Waals surface area contributed by atoms with Gasteiger partial charge in [-0.1, -0.05) is 13.3 Å². The third kappa shape index (κ3) is 5.45. The Labute approximate surface area is 114 Å². The summed E-state index contributed by atoms with van der Waals surface area (Å²) in [6, 6.07) is 8.33. The second-order valence-corrected chi connectivity index (χ2v) is 5.22. The zero-order valence-corrected chi connectivity index (χ0v) is 12.1. The topological polar surface area (TPSA) is 41.1 Å². The summed E-state index contributed by atoms with van der Waals surface area (Å²) in [6.45, 7) is 4.48. The molecule has 1 rings (SSSR count). The van der Waals surface area contributed by atoms with E-state index in [1.54, 1.807) is 11.8 Å². The third-order valence-corrected chi connectivity index (χ3v) is 3.42. The van der Waals surface area contributed by atoms with E-state index in [4.69, 9.17) is 0 Å². The van der Waals surface area contributed by atoms with Gasteiger partial charge in [0, 0.05) is 16.6 Å². The first-order chi connectivity index (χ1) is 8.65. The van der Waals surface area contributed by atoms with Crippen molar-refractivity contribution in [3.63, 3.8) is 0 Å². The number of anilines is 1. The van der Waals surface area contributed by atoms with E-state index >= 15 is 0 Å². The first-order valence-electron chi connectivity index (χ1n) is 6.33. The van der Waals surface area contributed by atoms with Gasteiger partial charge in [-0.15, -0.1) is 11.8 Å². The molecule has 1 amide bonds. The first-order valence-corrected chi connectivity index (χ1v) is 7.55. The standard InChI is InChI=1S/C14H22N2OS/c1-4-5-11(2)16-14(17)10-15-12-6-8-13(18-3)9-7-12/h6-9,11,15H,4-5,10H2,1-3H3,(H,16,17). The molecule has 0 spiro atoms. The number of hydrogen-bond donors (Lipinski definition) is 2. The van der Waals surface area contributed by atoms with Crippen molar-refractivity contribution in [1.29, 1.82) is 0 Å². The molecule has 1 atom stereocenters. The van der Waals surface area contributed by atoms with Gasteiger partial charge in [0.05, 0.1) is 6.54 Å². The Morgan fingerprint density at radius 2 is 2.00 bits per heavy atom. The number of carbonyl (C=O) groups excluding carboxylic acids is 1. The number of benzene rings is 1. The molecule has 0 aliphatic heterocycles. The summed E-state index contributed by atoms with van der Waals surface area (Å²) in [5.41, 5.74) is 0.978. The van der Waals surface area contributed by atoms with E-state index in [0.717, 1.165) is 18.5 Å². The van der Waals surface area contributed by atoms with Crippen molar-refractivity contribution >= 4 is 23.4 Å². The number of hydrogen-bond acceptors (Lipinski definition) is 3. The Bertz CT molecular complexity index is 365. The molecule has 4 heteroatoms. The molecule has 3 nitrogen and oxygen atoms in total. The highest BCUT2D eigenvalue weighted by Gasteiger charge is 2.05. The van der Waals surface area contributed by atoms with Crippen LogP contribution in [0.25, 0.3) is 0 Å². The van der Waals surface area contributed by atoms with Gasteiger partial charge in [-0.3, -0.25) is 4.79 Å². The van der Waals surface area contributed by atoms with Gasteiger partial charge in [-0.25, -0.2) is 0 Å². The summed E-state index contributed by atoms with van der Waals surface area (Å²) in [7, 11) is 0. The quantitative estimate of drug-likeness (QED) is 0.745. The lowest BCUT2D eigenvalue weighted by molar-refractivity contribution is -0.120. The van der Waals surface area contributed by atoms with E-state index in [9.17, 15) is 4.79 Å². The van der Waals surface area contributed by atoms with Crippen molar-refractivity contribution < 1.29 is 4.79 Å². The van der Waals surface area contributed by atoms with Crippen LogP contribution in [0.4, 0.5) is 5.69 Å². The summed E-state index contributed by atoms with van der Waals surface area (Å²) >= 11 is 1.71. The maximum absolute atomic E-state index is 11.6. The number of amides is 1. The highest BCUT2D eigenvalue weighted by molar-refractivity contribution is 7.98. The van der Waals surface area contributed by atoms with Crippen LogP contribution >= 0.6 is 11.8 Å². The fourth-order valence-electron chi connectivity index (χ4n) is 1.72. The van der Waals surface area contributed by atoms with Gasteiger partial charge in [0.2, 0.25) is 5.91 Å². The molecule has 1 aromatic carbocycles. The number of nitrogens with one attached hydrogen (secondary N) is 2. The molecule has 18 heavy (non-hydrogen) atoms. The summed E-state index contributed by atoms with van der Waals surface area (Å²) in [5.74, 6) is 0.0462. The van der Waals surface area contributed by atoms with Crippen molar-refractivity contribution in [2.75, 3.05) is 18.1 Å². The molecule has 0 fully saturated rings. The minimum Gasteiger partial charge on any atom is -0.376 e. The lowest BCUT2D eigenvalue weighted by Gasteiger charge is -2.13. The van der Waals surface area contributed by atoms with Gasteiger partial charge in [0.15, 0.2) is 0 Å². The van der Waals surface area contributed by atoms with Crippen LogP contribution in [0, 0.1) is 0 Å². The summed E-state index contributed by atoms with van der Waals surface area (Å²) in [6.07, 6.45) is 4.16. The molecule has 100 valence electrons. The Morgan fingerprint density at radius 3 is 2.56 bits per heavy atom. The SMILES string of the molecule is CCCC(C)NC(=O)CNc1ccc(SC)cc1. The van der Waals surface area contributed by atoms with E-state index in [0.29, 0.717) is 6.54 Å². The molecule has 0 aliphatic rings. The first kappa shape index (κ1) is 14.9. The second kappa shape index (κ2) is 8.03. The molecule has 1 unspecified atom stereocenters. The van der Waals surface area contributed by atoms with Crippen molar-refractivity contribution in [2.24, 2.45) is 0 Å². The molecule has 1 aromatic rings. The highest BCUT2D eigenvalue weighted by Crippen LogP contribution is 2.17. The van der Waals surface area contributed by atoms with Crippen LogP contribution in [0.2, 0.25) is 0 Å². The van der Waals surface area contributed by atoms with E-state index in [1.165, 1.54) is 4.90 Å². The average molecular weight is 266 g/mol. The van der Waals surface area contributed by atoms with Gasteiger partial charge in [0.1, 0.15) is 0 Å². The zero-order chi connectivity index (χ0) is 13.4. The summed E-state index contributed by atoms with van der Waals surface area (Å²) < 4.78 is 0.